The van der Waals surface area contributed by atoms with Crippen molar-refractivity contribution in [2.75, 3.05) is 0 Å². The van der Waals surface area contributed by atoms with Crippen molar-refractivity contribution >= 4 is 38.7 Å². The summed E-state index contributed by atoms with van der Waals surface area (Å²) < 4.78 is 1.04. The highest BCUT2D eigenvalue weighted by Gasteiger charge is 2.25. The minimum atomic E-state index is 0.112. The predicted molar refractivity (Wildman–Crippen MR) is 102 cm³/mol. The fourth-order valence-electron chi connectivity index (χ4n) is 3.21. The molecule has 0 spiro atoms. The molecule has 1 heterocycles. The van der Waals surface area contributed by atoms with E-state index in [4.69, 9.17) is 0 Å². The molecule has 0 aliphatic heterocycles. The number of benzene rings is 2. The second-order valence-electron chi connectivity index (χ2n) is 5.96. The van der Waals surface area contributed by atoms with Crippen LogP contribution in [-0.2, 0) is 6.42 Å². The van der Waals surface area contributed by atoms with Crippen LogP contribution in [-0.4, -0.2) is 10.8 Å². The maximum absolute atomic E-state index is 12.8. The second kappa shape index (κ2) is 6.25. The zero-order valence-electron chi connectivity index (χ0n) is 13.1. The van der Waals surface area contributed by atoms with Gasteiger partial charge in [0.05, 0.1) is 5.69 Å². The summed E-state index contributed by atoms with van der Waals surface area (Å²) in [4.78, 5) is 16.1. The summed E-state index contributed by atoms with van der Waals surface area (Å²) in [5, 5.41) is 1.15. The van der Waals surface area contributed by atoms with Crippen LogP contribution < -0.4 is 0 Å². The Morgan fingerprint density at radius 2 is 1.88 bits per heavy atom. The van der Waals surface area contributed by atoms with Gasteiger partial charge in [0.15, 0.2) is 0 Å². The van der Waals surface area contributed by atoms with E-state index in [0.29, 0.717) is 0 Å². The minimum absolute atomic E-state index is 0.112. The number of Topliss-reactive ketones (excluding diaryl/α,β-unsaturated/α-hetero) is 1. The van der Waals surface area contributed by atoms with Crippen LogP contribution in [0.4, 0.5) is 0 Å². The van der Waals surface area contributed by atoms with E-state index in [1.54, 1.807) is 0 Å². The largest absolute Gasteiger partial charge is 0.352 e. The second-order valence-corrected chi connectivity index (χ2v) is 6.87. The highest BCUT2D eigenvalue weighted by Crippen LogP contribution is 2.32. The van der Waals surface area contributed by atoms with Gasteiger partial charge in [0.25, 0.3) is 0 Å². The highest BCUT2D eigenvalue weighted by atomic mass is 79.9. The van der Waals surface area contributed by atoms with Crippen LogP contribution in [0.3, 0.4) is 0 Å². The van der Waals surface area contributed by atoms with Gasteiger partial charge in [-0.3, -0.25) is 4.79 Å². The van der Waals surface area contributed by atoms with Crippen molar-refractivity contribution in [3.8, 4) is 0 Å². The molecule has 0 saturated carbocycles. The number of hydrogen-bond acceptors (Lipinski definition) is 1. The summed E-state index contributed by atoms with van der Waals surface area (Å²) in [7, 11) is 0. The summed E-state index contributed by atoms with van der Waals surface area (Å²) in [6, 6.07) is 16.2. The first-order valence-electron chi connectivity index (χ1n) is 7.99. The molecule has 0 saturated heterocycles. The number of hydrogen-bond donors (Lipinski definition) is 1. The molecule has 24 heavy (non-hydrogen) atoms. The quantitative estimate of drug-likeness (QED) is 0.570. The number of H-pyrrole nitrogens is 1. The van der Waals surface area contributed by atoms with Crippen LogP contribution in [0.2, 0.25) is 0 Å². The molecule has 0 bridgehead atoms. The van der Waals surface area contributed by atoms with Crippen molar-refractivity contribution in [3.63, 3.8) is 0 Å². The predicted octanol–water partition coefficient (Wildman–Crippen LogP) is 5.70. The molecular formula is C21H16BrNO. The van der Waals surface area contributed by atoms with E-state index in [1.165, 1.54) is 0 Å². The van der Waals surface area contributed by atoms with Crippen molar-refractivity contribution < 1.29 is 4.79 Å². The van der Waals surface area contributed by atoms with Crippen LogP contribution in [0.1, 0.15) is 28.0 Å². The van der Waals surface area contributed by atoms with Gasteiger partial charge in [-0.1, -0.05) is 64.5 Å². The summed E-state index contributed by atoms with van der Waals surface area (Å²) >= 11 is 3.51. The average molecular weight is 378 g/mol. The molecule has 1 N–H and O–H groups in total. The van der Waals surface area contributed by atoms with Gasteiger partial charge in [0, 0.05) is 20.9 Å². The molecular weight excluding hydrogens is 362 g/mol. The lowest BCUT2D eigenvalue weighted by Crippen LogP contribution is -2.13. The van der Waals surface area contributed by atoms with E-state index in [1.807, 2.05) is 60.7 Å². The Kier molecular flexibility index (Phi) is 3.95. The molecule has 1 aliphatic rings. The Morgan fingerprint density at radius 1 is 1.04 bits per heavy atom. The van der Waals surface area contributed by atoms with Crippen LogP contribution >= 0.6 is 15.9 Å². The third-order valence-electron chi connectivity index (χ3n) is 4.42. The van der Waals surface area contributed by atoms with Crippen LogP contribution in [0.5, 0.6) is 0 Å². The molecule has 0 unspecified atom stereocenters. The number of carbonyl (C=O) groups excluding carboxylic acids is 1. The number of allylic oxidation sites excluding steroid dienone is 3. The van der Waals surface area contributed by atoms with Crippen molar-refractivity contribution in [2.24, 2.45) is 0 Å². The first kappa shape index (κ1) is 15.2. The number of aromatic nitrogens is 1. The Morgan fingerprint density at radius 3 is 2.71 bits per heavy atom. The summed E-state index contributed by atoms with van der Waals surface area (Å²) in [5.41, 5.74) is 4.90. The molecule has 1 aliphatic carbocycles. The van der Waals surface area contributed by atoms with Gasteiger partial charge < -0.3 is 4.98 Å². The van der Waals surface area contributed by atoms with E-state index < -0.39 is 0 Å². The maximum atomic E-state index is 12.8. The number of aryl methyl sites for hydroxylation is 1. The molecule has 1 aromatic heterocycles. The Bertz CT molecular complexity index is 980. The normalized spacial score (nSPS) is 16.2. The van der Waals surface area contributed by atoms with E-state index >= 15 is 0 Å². The van der Waals surface area contributed by atoms with Gasteiger partial charge in [-0.15, -0.1) is 0 Å². The molecule has 0 amide bonds. The van der Waals surface area contributed by atoms with Gasteiger partial charge in [0.2, 0.25) is 5.78 Å². The van der Waals surface area contributed by atoms with Crippen molar-refractivity contribution in [2.45, 2.75) is 12.8 Å². The zero-order valence-corrected chi connectivity index (χ0v) is 14.6. The molecule has 3 aromatic rings. The lowest BCUT2D eigenvalue weighted by Gasteiger charge is -2.13. The van der Waals surface area contributed by atoms with E-state index in [2.05, 4.69) is 27.0 Å². The number of fused-ring (bicyclic) bond motifs is 3. The van der Waals surface area contributed by atoms with Crippen LogP contribution in [0.15, 0.2) is 70.7 Å². The van der Waals surface area contributed by atoms with Crippen molar-refractivity contribution in [1.82, 2.24) is 4.98 Å². The van der Waals surface area contributed by atoms with Crippen LogP contribution in [0.25, 0.3) is 17.0 Å². The number of carbonyl (C=O) groups is 1. The number of halogens is 1. The lowest BCUT2D eigenvalue weighted by molar-refractivity contribution is 0.102. The molecule has 0 atom stereocenters. The fraction of sp³-hybridized carbons (Fsp3) is 0.0952. The van der Waals surface area contributed by atoms with Gasteiger partial charge in [-0.2, -0.15) is 0 Å². The average Bonchev–Trinajstić information content (AvgIpc) is 2.97. The zero-order chi connectivity index (χ0) is 16.5. The van der Waals surface area contributed by atoms with E-state index in [-0.39, 0.29) is 5.78 Å². The van der Waals surface area contributed by atoms with Gasteiger partial charge in [-0.25, -0.2) is 0 Å². The maximum Gasteiger partial charge on any atom is 0.205 e. The van der Waals surface area contributed by atoms with Crippen LogP contribution in [0, 0.1) is 0 Å². The lowest BCUT2D eigenvalue weighted by atomic mass is 9.90. The van der Waals surface area contributed by atoms with E-state index in [9.17, 15) is 4.79 Å². The van der Waals surface area contributed by atoms with Crippen molar-refractivity contribution in [3.05, 3.63) is 87.5 Å². The number of rotatable bonds is 2. The Balaban J connectivity index is 1.65. The van der Waals surface area contributed by atoms with E-state index in [0.717, 1.165) is 50.6 Å². The molecule has 2 aromatic carbocycles. The highest BCUT2D eigenvalue weighted by molar-refractivity contribution is 9.10. The molecule has 4 rings (SSSR count). The molecule has 0 fully saturated rings. The Labute approximate surface area is 149 Å². The van der Waals surface area contributed by atoms with Crippen molar-refractivity contribution in [1.29, 1.82) is 0 Å². The Hall–Kier alpha value is -2.39. The number of aromatic amines is 1. The first-order valence-corrected chi connectivity index (χ1v) is 8.79. The third kappa shape index (κ3) is 2.76. The van der Waals surface area contributed by atoms with Gasteiger partial charge >= 0.3 is 0 Å². The fourth-order valence-corrected chi connectivity index (χ4v) is 3.57. The number of nitrogens with one attached hydrogen (secondary N) is 1. The monoisotopic (exact) mass is 377 g/mol. The summed E-state index contributed by atoms with van der Waals surface area (Å²) in [5.74, 6) is 0.112. The first-order chi connectivity index (χ1) is 11.7. The summed E-state index contributed by atoms with van der Waals surface area (Å²) in [6.45, 7) is 0. The topological polar surface area (TPSA) is 32.9 Å². The molecule has 2 nitrogen and oxygen atoms in total. The molecule has 3 heteroatoms. The standard InChI is InChI=1S/C21H16BrNO/c22-16-10-12-19-18(13-16)17-11-9-15(21(24)20(17)23-19)8-4-7-14-5-2-1-3-6-14/h1-8,10,12-13,23H,9,11H2/b7-4+,15-8+. The molecule has 0 radical (unpaired) electrons. The van der Waals surface area contributed by atoms with Gasteiger partial charge in [-0.05, 0) is 42.2 Å². The summed E-state index contributed by atoms with van der Waals surface area (Å²) in [6.07, 6.45) is 7.61. The smallest absolute Gasteiger partial charge is 0.205 e. The van der Waals surface area contributed by atoms with Gasteiger partial charge in [0.1, 0.15) is 0 Å². The third-order valence-corrected chi connectivity index (χ3v) is 4.91. The SMILES string of the molecule is O=C1/C(=C/C=C/c2ccccc2)CCc2c1[nH]c1ccc(Br)cc21. The molecule has 118 valence electrons. The minimum Gasteiger partial charge on any atom is -0.352 e. The number of ketones is 1.